The Morgan fingerprint density at radius 1 is 1.00 bits per heavy atom. The van der Waals surface area contributed by atoms with Gasteiger partial charge in [0.1, 0.15) is 0 Å². The Kier molecular flexibility index (Phi) is 10.8. The standard InChI is InChI=1S/C16H29NO2/c17-12-6-4-2-1-3-5-7-13-18-14-8-10-16-11-9-15-19-16/h16H,1-11,13-15H2. The minimum absolute atomic E-state index is 0.511. The first-order valence-electron chi connectivity index (χ1n) is 8.00. The predicted molar refractivity (Wildman–Crippen MR) is 77.0 cm³/mol. The van der Waals surface area contributed by atoms with Gasteiger partial charge in [-0.3, -0.25) is 0 Å². The molecule has 19 heavy (non-hydrogen) atoms. The van der Waals surface area contributed by atoms with Crippen LogP contribution in [0.4, 0.5) is 0 Å². The van der Waals surface area contributed by atoms with Crippen LogP contribution in [0.25, 0.3) is 0 Å². The lowest BCUT2D eigenvalue weighted by molar-refractivity contribution is 0.0808. The molecule has 1 aliphatic rings. The summed E-state index contributed by atoms with van der Waals surface area (Å²) in [6, 6.07) is 2.19. The normalized spacial score (nSPS) is 18.6. The maximum absolute atomic E-state index is 8.40. The molecule has 1 atom stereocenters. The molecule has 3 nitrogen and oxygen atoms in total. The van der Waals surface area contributed by atoms with Crippen LogP contribution >= 0.6 is 0 Å². The maximum atomic E-state index is 8.40. The van der Waals surface area contributed by atoms with Crippen LogP contribution in [0.1, 0.15) is 70.6 Å². The van der Waals surface area contributed by atoms with Crippen LogP contribution in [0.15, 0.2) is 0 Å². The van der Waals surface area contributed by atoms with Crippen LogP contribution < -0.4 is 0 Å². The fourth-order valence-corrected chi connectivity index (χ4v) is 2.50. The highest BCUT2D eigenvalue weighted by molar-refractivity contribution is 4.67. The second-order valence-corrected chi connectivity index (χ2v) is 5.42. The van der Waals surface area contributed by atoms with E-state index in [1.807, 2.05) is 0 Å². The van der Waals surface area contributed by atoms with Gasteiger partial charge in [0.05, 0.1) is 12.2 Å². The lowest BCUT2D eigenvalue weighted by atomic mass is 10.1. The van der Waals surface area contributed by atoms with Crippen molar-refractivity contribution in [1.29, 1.82) is 5.26 Å². The molecular weight excluding hydrogens is 238 g/mol. The zero-order valence-corrected chi connectivity index (χ0v) is 12.2. The summed E-state index contributed by atoms with van der Waals surface area (Å²) >= 11 is 0. The predicted octanol–water partition coefficient (Wildman–Crippen LogP) is 4.22. The van der Waals surface area contributed by atoms with Gasteiger partial charge in [-0.25, -0.2) is 0 Å². The molecule has 110 valence electrons. The Morgan fingerprint density at radius 3 is 2.47 bits per heavy atom. The zero-order chi connectivity index (χ0) is 13.6. The van der Waals surface area contributed by atoms with Gasteiger partial charge in [-0.15, -0.1) is 0 Å². The topological polar surface area (TPSA) is 42.2 Å². The van der Waals surface area contributed by atoms with Gasteiger partial charge >= 0.3 is 0 Å². The third-order valence-corrected chi connectivity index (χ3v) is 3.67. The van der Waals surface area contributed by atoms with E-state index in [0.717, 1.165) is 32.7 Å². The quantitative estimate of drug-likeness (QED) is 0.497. The Bertz CT molecular complexity index is 231. The summed E-state index contributed by atoms with van der Waals surface area (Å²) in [6.07, 6.45) is 13.3. The van der Waals surface area contributed by atoms with E-state index in [0.29, 0.717) is 12.5 Å². The fourth-order valence-electron chi connectivity index (χ4n) is 2.50. The highest BCUT2D eigenvalue weighted by Crippen LogP contribution is 2.16. The van der Waals surface area contributed by atoms with Crippen molar-refractivity contribution in [1.82, 2.24) is 0 Å². The SMILES string of the molecule is N#CCCCCCCCCOCCCC1CCCO1. The van der Waals surface area contributed by atoms with E-state index >= 15 is 0 Å². The lowest BCUT2D eigenvalue weighted by Gasteiger charge is -2.09. The van der Waals surface area contributed by atoms with E-state index in [4.69, 9.17) is 14.7 Å². The first-order chi connectivity index (χ1) is 9.43. The summed E-state index contributed by atoms with van der Waals surface area (Å²) in [5.74, 6) is 0. The Morgan fingerprint density at radius 2 is 1.74 bits per heavy atom. The fraction of sp³-hybridized carbons (Fsp3) is 0.938. The van der Waals surface area contributed by atoms with Crippen LogP contribution in [0.5, 0.6) is 0 Å². The highest BCUT2D eigenvalue weighted by Gasteiger charge is 2.14. The van der Waals surface area contributed by atoms with Crippen molar-refractivity contribution in [2.24, 2.45) is 0 Å². The first-order valence-corrected chi connectivity index (χ1v) is 8.00. The molecule has 0 N–H and O–H groups in total. The van der Waals surface area contributed by atoms with E-state index in [1.54, 1.807) is 0 Å². The van der Waals surface area contributed by atoms with Crippen molar-refractivity contribution in [2.75, 3.05) is 19.8 Å². The molecule has 0 saturated carbocycles. The monoisotopic (exact) mass is 267 g/mol. The molecule has 0 aromatic rings. The highest BCUT2D eigenvalue weighted by atomic mass is 16.5. The molecule has 1 unspecified atom stereocenters. The number of rotatable bonds is 12. The minimum Gasteiger partial charge on any atom is -0.381 e. The molecule has 3 heteroatoms. The summed E-state index contributed by atoms with van der Waals surface area (Å²) in [6.45, 7) is 2.76. The largest absolute Gasteiger partial charge is 0.381 e. The number of hydrogen-bond acceptors (Lipinski definition) is 3. The van der Waals surface area contributed by atoms with Gasteiger partial charge in [0.15, 0.2) is 0 Å². The average molecular weight is 267 g/mol. The number of ether oxygens (including phenoxy) is 2. The molecule has 0 radical (unpaired) electrons. The molecule has 0 bridgehead atoms. The second-order valence-electron chi connectivity index (χ2n) is 5.42. The summed E-state index contributed by atoms with van der Waals surface area (Å²) in [5, 5.41) is 8.40. The number of nitriles is 1. The van der Waals surface area contributed by atoms with Gasteiger partial charge < -0.3 is 9.47 Å². The molecule has 0 aliphatic carbocycles. The van der Waals surface area contributed by atoms with E-state index < -0.39 is 0 Å². The van der Waals surface area contributed by atoms with Gasteiger partial charge in [-0.2, -0.15) is 5.26 Å². The van der Waals surface area contributed by atoms with E-state index in [9.17, 15) is 0 Å². The number of hydrogen-bond donors (Lipinski definition) is 0. The zero-order valence-electron chi connectivity index (χ0n) is 12.2. The van der Waals surface area contributed by atoms with Crippen molar-refractivity contribution in [3.63, 3.8) is 0 Å². The molecule has 1 aliphatic heterocycles. The first kappa shape index (κ1) is 16.5. The molecule has 1 heterocycles. The molecule has 1 saturated heterocycles. The molecule has 0 spiro atoms. The third kappa shape index (κ3) is 9.92. The smallest absolute Gasteiger partial charge is 0.0621 e. The summed E-state index contributed by atoms with van der Waals surface area (Å²) in [5.41, 5.74) is 0. The van der Waals surface area contributed by atoms with Crippen molar-refractivity contribution in [2.45, 2.75) is 76.7 Å². The van der Waals surface area contributed by atoms with Crippen molar-refractivity contribution < 1.29 is 9.47 Å². The van der Waals surface area contributed by atoms with Gasteiger partial charge in [0, 0.05) is 26.2 Å². The summed E-state index contributed by atoms with van der Waals surface area (Å²) in [7, 11) is 0. The van der Waals surface area contributed by atoms with E-state index in [2.05, 4.69) is 6.07 Å². The summed E-state index contributed by atoms with van der Waals surface area (Å²) in [4.78, 5) is 0. The summed E-state index contributed by atoms with van der Waals surface area (Å²) < 4.78 is 11.2. The molecule has 0 amide bonds. The van der Waals surface area contributed by atoms with Gasteiger partial charge in [-0.1, -0.05) is 25.7 Å². The van der Waals surface area contributed by atoms with E-state index in [1.165, 1.54) is 51.4 Å². The van der Waals surface area contributed by atoms with Crippen LogP contribution in [-0.2, 0) is 9.47 Å². The Labute approximate surface area is 118 Å². The molecule has 1 rings (SSSR count). The molecule has 1 fully saturated rings. The number of nitrogens with zero attached hydrogens (tertiary/aromatic N) is 1. The average Bonchev–Trinajstić information content (AvgIpc) is 2.93. The molecule has 0 aromatic heterocycles. The molecule has 0 aromatic carbocycles. The Balaban J connectivity index is 1.68. The number of unbranched alkanes of at least 4 members (excludes halogenated alkanes) is 6. The van der Waals surface area contributed by atoms with Crippen LogP contribution in [0.2, 0.25) is 0 Å². The van der Waals surface area contributed by atoms with Gasteiger partial charge in [0.25, 0.3) is 0 Å². The van der Waals surface area contributed by atoms with Crippen molar-refractivity contribution in [3.05, 3.63) is 0 Å². The second kappa shape index (κ2) is 12.4. The van der Waals surface area contributed by atoms with Gasteiger partial charge in [-0.05, 0) is 38.5 Å². The Hall–Kier alpha value is -0.590. The van der Waals surface area contributed by atoms with Crippen LogP contribution in [-0.4, -0.2) is 25.9 Å². The lowest BCUT2D eigenvalue weighted by Crippen LogP contribution is -2.06. The minimum atomic E-state index is 0.511. The van der Waals surface area contributed by atoms with Gasteiger partial charge in [0.2, 0.25) is 0 Å². The van der Waals surface area contributed by atoms with Crippen LogP contribution in [0.3, 0.4) is 0 Å². The van der Waals surface area contributed by atoms with E-state index in [-0.39, 0.29) is 0 Å². The van der Waals surface area contributed by atoms with Crippen molar-refractivity contribution in [3.8, 4) is 6.07 Å². The maximum Gasteiger partial charge on any atom is 0.0621 e. The van der Waals surface area contributed by atoms with Crippen LogP contribution in [0, 0.1) is 11.3 Å². The third-order valence-electron chi connectivity index (χ3n) is 3.67. The molecular formula is C16H29NO2. The van der Waals surface area contributed by atoms with Crippen molar-refractivity contribution >= 4 is 0 Å².